The summed E-state index contributed by atoms with van der Waals surface area (Å²) in [6.45, 7) is -0.133. The van der Waals surface area contributed by atoms with Crippen molar-refractivity contribution in [3.8, 4) is 5.75 Å². The highest BCUT2D eigenvalue weighted by Crippen LogP contribution is 2.18. The normalized spacial score (nSPS) is 10.2. The molecule has 0 aliphatic rings. The molecule has 0 aliphatic carbocycles. The summed E-state index contributed by atoms with van der Waals surface area (Å²) in [5, 5.41) is 0. The first-order valence-corrected chi connectivity index (χ1v) is 5.53. The molecule has 0 fully saturated rings. The Morgan fingerprint density at radius 2 is 1.84 bits per heavy atom. The van der Waals surface area contributed by atoms with Crippen molar-refractivity contribution in [3.05, 3.63) is 65.2 Å². The molecule has 1 amide bonds. The van der Waals surface area contributed by atoms with Crippen LogP contribution in [-0.2, 0) is 6.61 Å². The molecule has 3 nitrogen and oxygen atoms in total. The summed E-state index contributed by atoms with van der Waals surface area (Å²) < 4.78 is 32.1. The fraction of sp³-hybridized carbons (Fsp3) is 0.0714. The lowest BCUT2D eigenvalue weighted by molar-refractivity contribution is 0.0999. The number of primary amides is 1. The Morgan fingerprint density at radius 3 is 2.47 bits per heavy atom. The summed E-state index contributed by atoms with van der Waals surface area (Å²) in [5.41, 5.74) is 5.32. The van der Waals surface area contributed by atoms with Crippen LogP contribution in [0, 0.1) is 11.6 Å². The Balaban J connectivity index is 2.12. The van der Waals surface area contributed by atoms with Gasteiger partial charge in [-0.1, -0.05) is 18.2 Å². The minimum atomic E-state index is -0.708. The number of benzene rings is 2. The molecule has 0 aromatic heterocycles. The Kier molecular flexibility index (Phi) is 3.75. The lowest BCUT2D eigenvalue weighted by atomic mass is 10.1. The minimum absolute atomic E-state index is 0.0425. The molecular weight excluding hydrogens is 252 g/mol. The van der Waals surface area contributed by atoms with Crippen LogP contribution in [0.25, 0.3) is 0 Å². The number of carbonyl (C=O) groups is 1. The van der Waals surface area contributed by atoms with Crippen molar-refractivity contribution >= 4 is 5.91 Å². The maximum Gasteiger partial charge on any atom is 0.248 e. The lowest BCUT2D eigenvalue weighted by Gasteiger charge is -2.08. The number of amides is 1. The molecule has 0 bridgehead atoms. The van der Waals surface area contributed by atoms with Gasteiger partial charge in [0.05, 0.1) is 0 Å². The van der Waals surface area contributed by atoms with E-state index in [1.165, 1.54) is 30.3 Å². The first-order valence-electron chi connectivity index (χ1n) is 5.53. The van der Waals surface area contributed by atoms with Gasteiger partial charge in [-0.3, -0.25) is 4.79 Å². The highest BCUT2D eigenvalue weighted by atomic mass is 19.1. The average Bonchev–Trinajstić information content (AvgIpc) is 2.39. The van der Waals surface area contributed by atoms with Crippen molar-refractivity contribution in [2.75, 3.05) is 0 Å². The van der Waals surface area contributed by atoms with Gasteiger partial charge < -0.3 is 10.5 Å². The number of halogens is 2. The van der Waals surface area contributed by atoms with Crippen LogP contribution in [0.2, 0.25) is 0 Å². The molecule has 0 heterocycles. The molecule has 2 aromatic rings. The SMILES string of the molecule is NC(=O)c1ccc(COc2ccccc2F)c(F)c1. The summed E-state index contributed by atoms with van der Waals surface area (Å²) in [4.78, 5) is 10.9. The Bertz CT molecular complexity index is 614. The summed E-state index contributed by atoms with van der Waals surface area (Å²) >= 11 is 0. The first-order chi connectivity index (χ1) is 9.08. The minimum Gasteiger partial charge on any atom is -0.486 e. The Morgan fingerprint density at radius 1 is 1.11 bits per heavy atom. The van der Waals surface area contributed by atoms with Crippen LogP contribution in [0.4, 0.5) is 8.78 Å². The van der Waals surface area contributed by atoms with E-state index in [1.54, 1.807) is 6.07 Å². The molecule has 2 rings (SSSR count). The van der Waals surface area contributed by atoms with Crippen LogP contribution in [0.3, 0.4) is 0 Å². The van der Waals surface area contributed by atoms with Gasteiger partial charge >= 0.3 is 0 Å². The third-order valence-electron chi connectivity index (χ3n) is 2.56. The molecule has 0 atom stereocenters. The van der Waals surface area contributed by atoms with E-state index < -0.39 is 17.5 Å². The molecule has 0 saturated heterocycles. The number of hydrogen-bond acceptors (Lipinski definition) is 2. The maximum atomic E-state index is 13.6. The maximum absolute atomic E-state index is 13.6. The highest BCUT2D eigenvalue weighted by molar-refractivity contribution is 5.92. The van der Waals surface area contributed by atoms with Gasteiger partial charge in [0.15, 0.2) is 11.6 Å². The van der Waals surface area contributed by atoms with Crippen molar-refractivity contribution < 1.29 is 18.3 Å². The van der Waals surface area contributed by atoms with Gasteiger partial charge in [0.1, 0.15) is 12.4 Å². The van der Waals surface area contributed by atoms with E-state index in [9.17, 15) is 13.6 Å². The standard InChI is InChI=1S/C14H11F2NO2/c15-11-3-1-2-4-13(11)19-8-10-6-5-9(14(17)18)7-12(10)16/h1-7H,8H2,(H2,17,18). The molecule has 0 radical (unpaired) electrons. The van der Waals surface area contributed by atoms with Crippen molar-refractivity contribution in [2.24, 2.45) is 5.73 Å². The molecule has 5 heteroatoms. The van der Waals surface area contributed by atoms with Crippen LogP contribution in [0.1, 0.15) is 15.9 Å². The van der Waals surface area contributed by atoms with Crippen LogP contribution in [0.15, 0.2) is 42.5 Å². The Labute approximate surface area is 108 Å². The predicted molar refractivity (Wildman–Crippen MR) is 65.6 cm³/mol. The van der Waals surface area contributed by atoms with Crippen LogP contribution >= 0.6 is 0 Å². The number of para-hydroxylation sites is 1. The Hall–Kier alpha value is -2.43. The summed E-state index contributed by atoms with van der Waals surface area (Å²) in [7, 11) is 0. The summed E-state index contributed by atoms with van der Waals surface area (Å²) in [6.07, 6.45) is 0. The van der Waals surface area contributed by atoms with Crippen LogP contribution in [-0.4, -0.2) is 5.91 Å². The van der Waals surface area contributed by atoms with Gasteiger partial charge in [-0.05, 0) is 24.3 Å². The third kappa shape index (κ3) is 3.07. The van der Waals surface area contributed by atoms with E-state index in [1.807, 2.05) is 0 Å². The molecule has 2 aromatic carbocycles. The summed E-state index contributed by atoms with van der Waals surface area (Å²) in [6, 6.07) is 9.66. The number of rotatable bonds is 4. The number of hydrogen-bond donors (Lipinski definition) is 1. The van der Waals surface area contributed by atoms with E-state index >= 15 is 0 Å². The number of ether oxygens (including phenoxy) is 1. The quantitative estimate of drug-likeness (QED) is 0.921. The monoisotopic (exact) mass is 263 g/mol. The first kappa shape index (κ1) is 13.0. The second kappa shape index (κ2) is 5.48. The molecule has 98 valence electrons. The van der Waals surface area contributed by atoms with Gasteiger partial charge in [-0.25, -0.2) is 8.78 Å². The smallest absolute Gasteiger partial charge is 0.248 e. The molecule has 2 N–H and O–H groups in total. The number of nitrogens with two attached hydrogens (primary N) is 1. The average molecular weight is 263 g/mol. The molecule has 0 saturated carbocycles. The van der Waals surface area contributed by atoms with E-state index in [-0.39, 0.29) is 23.5 Å². The van der Waals surface area contributed by atoms with Gasteiger partial charge in [-0.15, -0.1) is 0 Å². The fourth-order valence-corrected chi connectivity index (χ4v) is 1.53. The van der Waals surface area contributed by atoms with Crippen molar-refractivity contribution in [1.82, 2.24) is 0 Å². The topological polar surface area (TPSA) is 52.3 Å². The zero-order valence-corrected chi connectivity index (χ0v) is 9.90. The number of carbonyl (C=O) groups excluding carboxylic acids is 1. The predicted octanol–water partition coefficient (Wildman–Crippen LogP) is 2.64. The van der Waals surface area contributed by atoms with Crippen LogP contribution < -0.4 is 10.5 Å². The fourth-order valence-electron chi connectivity index (χ4n) is 1.53. The van der Waals surface area contributed by atoms with Gasteiger partial charge in [0.2, 0.25) is 5.91 Å². The second-order valence-electron chi connectivity index (χ2n) is 3.89. The second-order valence-corrected chi connectivity index (χ2v) is 3.89. The highest BCUT2D eigenvalue weighted by Gasteiger charge is 2.08. The molecule has 0 spiro atoms. The van der Waals surface area contributed by atoms with Gasteiger partial charge in [-0.2, -0.15) is 0 Å². The lowest BCUT2D eigenvalue weighted by Crippen LogP contribution is -2.11. The van der Waals surface area contributed by atoms with E-state index in [4.69, 9.17) is 10.5 Å². The summed E-state index contributed by atoms with van der Waals surface area (Å²) in [5.74, 6) is -1.80. The van der Waals surface area contributed by atoms with Crippen molar-refractivity contribution in [1.29, 1.82) is 0 Å². The van der Waals surface area contributed by atoms with Crippen molar-refractivity contribution in [3.63, 3.8) is 0 Å². The zero-order valence-electron chi connectivity index (χ0n) is 9.90. The van der Waals surface area contributed by atoms with E-state index in [0.29, 0.717) is 0 Å². The molecular formula is C14H11F2NO2. The molecule has 19 heavy (non-hydrogen) atoms. The van der Waals surface area contributed by atoms with Gasteiger partial charge in [0, 0.05) is 11.1 Å². The van der Waals surface area contributed by atoms with Crippen LogP contribution in [0.5, 0.6) is 5.75 Å². The zero-order chi connectivity index (χ0) is 13.8. The van der Waals surface area contributed by atoms with Gasteiger partial charge in [0.25, 0.3) is 0 Å². The van der Waals surface area contributed by atoms with Crippen molar-refractivity contribution in [2.45, 2.75) is 6.61 Å². The molecule has 0 unspecified atom stereocenters. The molecule has 0 aliphatic heterocycles. The largest absolute Gasteiger partial charge is 0.486 e. The van der Waals surface area contributed by atoms with E-state index in [2.05, 4.69) is 0 Å². The third-order valence-corrected chi connectivity index (χ3v) is 2.56. The van der Waals surface area contributed by atoms with E-state index in [0.717, 1.165) is 6.07 Å².